The lowest BCUT2D eigenvalue weighted by atomic mass is 9.36. The molecule has 0 amide bonds. The number of benzene rings is 9. The molecule has 9 aromatic carbocycles. The molecule has 0 saturated carbocycles. The van der Waals surface area contributed by atoms with E-state index < -0.39 is 5.41 Å². The van der Waals surface area contributed by atoms with Crippen LogP contribution in [0.15, 0.2) is 200 Å². The SMILES string of the molecule is Cc1cc2c3c(c1)N(c1ccc(C(C)(C)C)cc1)c1c(sc4c1-c1ccc(C(C)C)cc1C41c4ccccc4-c4ccccc41)B3c1ccc(-c3cc(C(C)(C)C)ccc3-c3ccccc3)cc1N2c1ccccc1. The van der Waals surface area contributed by atoms with Crippen LogP contribution in [0.4, 0.5) is 34.1 Å². The lowest BCUT2D eigenvalue weighted by Gasteiger charge is -2.44. The van der Waals surface area contributed by atoms with Crippen molar-refractivity contribution in [3.05, 3.63) is 244 Å². The quantitative estimate of drug-likeness (QED) is 0.159. The van der Waals surface area contributed by atoms with E-state index in [0.29, 0.717) is 5.92 Å². The van der Waals surface area contributed by atoms with Gasteiger partial charge in [-0.1, -0.05) is 213 Å². The summed E-state index contributed by atoms with van der Waals surface area (Å²) in [7, 11) is 0. The van der Waals surface area contributed by atoms with Gasteiger partial charge in [0.2, 0.25) is 0 Å². The van der Waals surface area contributed by atoms with Crippen LogP contribution in [-0.4, -0.2) is 6.71 Å². The molecule has 0 fully saturated rings. The Labute approximate surface area is 448 Å². The van der Waals surface area contributed by atoms with Crippen molar-refractivity contribution < 1.29 is 0 Å². The second-order valence-electron chi connectivity index (χ2n) is 23.9. The summed E-state index contributed by atoms with van der Waals surface area (Å²) in [5, 5.41) is 0. The van der Waals surface area contributed by atoms with E-state index in [1.54, 1.807) is 0 Å². The first kappa shape index (κ1) is 45.9. The maximum atomic E-state index is 2.68. The Kier molecular flexibility index (Phi) is 10.1. The van der Waals surface area contributed by atoms with E-state index in [0.717, 1.165) is 5.69 Å². The van der Waals surface area contributed by atoms with Gasteiger partial charge < -0.3 is 9.80 Å². The van der Waals surface area contributed by atoms with Crippen LogP contribution in [-0.2, 0) is 16.2 Å². The summed E-state index contributed by atoms with van der Waals surface area (Å²) in [5.74, 6) is 0.383. The number of hydrogen-bond donors (Lipinski definition) is 0. The number of rotatable bonds is 5. The van der Waals surface area contributed by atoms with Crippen molar-refractivity contribution in [2.24, 2.45) is 0 Å². The smallest absolute Gasteiger partial charge is 0.264 e. The van der Waals surface area contributed by atoms with Gasteiger partial charge in [-0.3, -0.25) is 0 Å². The van der Waals surface area contributed by atoms with Gasteiger partial charge in [-0.05, 0) is 155 Å². The predicted molar refractivity (Wildman–Crippen MR) is 322 cm³/mol. The van der Waals surface area contributed by atoms with Crippen LogP contribution < -0.4 is 25.5 Å². The molecule has 1 aromatic heterocycles. The van der Waals surface area contributed by atoms with Gasteiger partial charge in [-0.25, -0.2) is 0 Å². The second kappa shape index (κ2) is 16.4. The Morgan fingerprint density at radius 1 is 0.467 bits per heavy atom. The van der Waals surface area contributed by atoms with Gasteiger partial charge >= 0.3 is 0 Å². The standard InChI is InChI=1S/C71H61BN2S/c1-43(2)46-28-35-55-59(40-46)71(57-26-18-16-24-53(57)54-25-17-19-27-58(54)71)67-64(55)66-68(75-67)72-60-37-29-47(56-42-49(70(7,8)9)32-36-52(56)45-20-12-10-13-21-45)41-61(60)73(50-22-14-11-15-23-50)62-38-44(3)39-63(65(62)72)74(66)51-33-30-48(31-34-51)69(4,5)6/h10-43H,1-9H3. The van der Waals surface area contributed by atoms with Gasteiger partial charge in [0.15, 0.2) is 0 Å². The molecule has 0 saturated heterocycles. The fourth-order valence-electron chi connectivity index (χ4n) is 13.3. The summed E-state index contributed by atoms with van der Waals surface area (Å²) in [5.41, 5.74) is 29.3. The zero-order valence-electron chi connectivity index (χ0n) is 44.5. The van der Waals surface area contributed by atoms with Gasteiger partial charge in [0.25, 0.3) is 6.71 Å². The van der Waals surface area contributed by atoms with Crippen LogP contribution >= 0.6 is 11.3 Å². The molecule has 0 unspecified atom stereocenters. The summed E-state index contributed by atoms with van der Waals surface area (Å²) in [4.78, 5) is 6.69. The average molecular weight is 985 g/mol. The van der Waals surface area contributed by atoms with Crippen LogP contribution in [0.2, 0.25) is 0 Å². The summed E-state index contributed by atoms with van der Waals surface area (Å²) in [6, 6.07) is 77.2. The number of thiophene rings is 1. The van der Waals surface area contributed by atoms with E-state index in [1.807, 2.05) is 0 Å². The highest BCUT2D eigenvalue weighted by atomic mass is 32.1. The van der Waals surface area contributed by atoms with Gasteiger partial charge in [0, 0.05) is 43.7 Å². The van der Waals surface area contributed by atoms with Crippen LogP contribution in [0, 0.1) is 6.92 Å². The molecule has 2 nitrogen and oxygen atoms in total. The molecule has 2 aliphatic carbocycles. The lowest BCUT2D eigenvalue weighted by molar-refractivity contribution is 0.590. The van der Waals surface area contributed by atoms with E-state index >= 15 is 0 Å². The fourth-order valence-corrected chi connectivity index (χ4v) is 15.0. The van der Waals surface area contributed by atoms with Crippen molar-refractivity contribution in [1.29, 1.82) is 0 Å². The maximum absolute atomic E-state index is 2.68. The third-order valence-electron chi connectivity index (χ3n) is 17.0. The largest absolute Gasteiger partial charge is 0.311 e. The Bertz CT molecular complexity index is 3920. The van der Waals surface area contributed by atoms with Gasteiger partial charge in [0.05, 0.1) is 11.1 Å². The average Bonchev–Trinajstić information content (AvgIpc) is 4.25. The molecule has 0 bridgehead atoms. The third-order valence-corrected chi connectivity index (χ3v) is 18.4. The monoisotopic (exact) mass is 984 g/mol. The molecule has 1 spiro atoms. The molecule has 2 aliphatic heterocycles. The van der Waals surface area contributed by atoms with Crippen molar-refractivity contribution in [3.63, 3.8) is 0 Å². The van der Waals surface area contributed by atoms with Crippen LogP contribution in [0.1, 0.15) is 105 Å². The summed E-state index contributed by atoms with van der Waals surface area (Å²) >= 11 is 2.07. The topological polar surface area (TPSA) is 6.48 Å². The minimum Gasteiger partial charge on any atom is -0.311 e. The number of anilines is 6. The molecule has 14 rings (SSSR count). The maximum Gasteiger partial charge on any atom is 0.264 e. The van der Waals surface area contributed by atoms with Crippen molar-refractivity contribution in [2.75, 3.05) is 9.80 Å². The van der Waals surface area contributed by atoms with Crippen molar-refractivity contribution in [3.8, 4) is 44.5 Å². The fraction of sp³-hybridized carbons (Fsp3) is 0.183. The molecule has 4 heteroatoms. The summed E-state index contributed by atoms with van der Waals surface area (Å²) in [6.45, 7) is 20.9. The first-order valence-corrected chi connectivity index (χ1v) is 27.8. The van der Waals surface area contributed by atoms with Crippen molar-refractivity contribution in [1.82, 2.24) is 0 Å². The minimum absolute atomic E-state index is 0.0141. The molecule has 4 aliphatic rings. The molecule has 3 heterocycles. The molecule has 0 atom stereocenters. The molecular formula is C71H61BN2S. The molecule has 364 valence electrons. The first-order chi connectivity index (χ1) is 36.2. The second-order valence-corrected chi connectivity index (χ2v) is 25.0. The molecule has 0 radical (unpaired) electrons. The highest BCUT2D eigenvalue weighted by molar-refractivity contribution is 7.30. The minimum atomic E-state index is -0.485. The van der Waals surface area contributed by atoms with Gasteiger partial charge in [0.1, 0.15) is 0 Å². The number of nitrogens with zero attached hydrogens (tertiary/aromatic N) is 2. The van der Waals surface area contributed by atoms with E-state index in [2.05, 4.69) is 284 Å². The molecular weight excluding hydrogens is 924 g/mol. The van der Waals surface area contributed by atoms with Crippen LogP contribution in [0.3, 0.4) is 0 Å². The van der Waals surface area contributed by atoms with Crippen molar-refractivity contribution in [2.45, 2.75) is 84.5 Å². The normalized spacial score (nSPS) is 14.3. The highest BCUT2D eigenvalue weighted by Crippen LogP contribution is 2.67. The van der Waals surface area contributed by atoms with Gasteiger partial charge in [-0.2, -0.15) is 0 Å². The summed E-state index contributed by atoms with van der Waals surface area (Å²) in [6.07, 6.45) is 0. The van der Waals surface area contributed by atoms with E-state index in [9.17, 15) is 0 Å². The molecule has 75 heavy (non-hydrogen) atoms. The first-order valence-electron chi connectivity index (χ1n) is 27.0. The Morgan fingerprint density at radius 2 is 1.05 bits per heavy atom. The number of fused-ring (bicyclic) bond motifs is 15. The Balaban J connectivity index is 1.11. The van der Waals surface area contributed by atoms with E-state index in [4.69, 9.17) is 0 Å². The highest BCUT2D eigenvalue weighted by Gasteiger charge is 2.57. The summed E-state index contributed by atoms with van der Waals surface area (Å²) < 4.78 is 1.40. The van der Waals surface area contributed by atoms with Crippen molar-refractivity contribution >= 4 is 67.9 Å². The number of hydrogen-bond acceptors (Lipinski definition) is 3. The molecule has 10 aromatic rings. The van der Waals surface area contributed by atoms with Gasteiger partial charge in [-0.15, -0.1) is 11.3 Å². The van der Waals surface area contributed by atoms with E-state index in [1.165, 1.54) is 132 Å². The van der Waals surface area contributed by atoms with Crippen LogP contribution in [0.25, 0.3) is 44.5 Å². The third kappa shape index (κ3) is 6.64. The Morgan fingerprint density at radius 3 is 1.71 bits per heavy atom. The lowest BCUT2D eigenvalue weighted by Crippen LogP contribution is -2.60. The zero-order valence-corrected chi connectivity index (χ0v) is 45.3. The van der Waals surface area contributed by atoms with Crippen LogP contribution in [0.5, 0.6) is 0 Å². The molecule has 0 N–H and O–H groups in total. The Hall–Kier alpha value is -7.66. The van der Waals surface area contributed by atoms with E-state index in [-0.39, 0.29) is 17.5 Å². The predicted octanol–water partition coefficient (Wildman–Crippen LogP) is 17.5. The zero-order chi connectivity index (χ0) is 51.3. The number of para-hydroxylation sites is 1. The number of aryl methyl sites for hydroxylation is 1.